The largest absolute Gasteiger partial charge is 0.444 e. The minimum atomic E-state index is -0.478. The van der Waals surface area contributed by atoms with E-state index >= 15 is 0 Å². The minimum absolute atomic E-state index is 0. The van der Waals surface area contributed by atoms with Crippen molar-refractivity contribution in [3.05, 3.63) is 21.9 Å². The van der Waals surface area contributed by atoms with E-state index in [2.05, 4.69) is 34.7 Å². The van der Waals surface area contributed by atoms with Gasteiger partial charge >= 0.3 is 6.09 Å². The highest BCUT2D eigenvalue weighted by atomic mass is 127. The topological polar surface area (TPSA) is 66.0 Å². The maximum absolute atomic E-state index is 11.9. The van der Waals surface area contributed by atoms with Crippen LogP contribution in [0.15, 0.2) is 17.1 Å². The van der Waals surface area contributed by atoms with Gasteiger partial charge in [0.15, 0.2) is 5.96 Å². The predicted octanol–water partition coefficient (Wildman–Crippen LogP) is 3.46. The second-order valence-corrected chi connectivity index (χ2v) is 7.73. The summed E-state index contributed by atoms with van der Waals surface area (Å²) < 4.78 is 5.32. The number of aliphatic imine (C=N–C) groups is 1. The second-order valence-electron chi connectivity index (χ2n) is 6.48. The molecule has 0 unspecified atom stereocenters. The molecular weight excluding hydrogens is 451 g/mol. The average Bonchev–Trinajstić information content (AvgIpc) is 2.96. The zero-order valence-corrected chi connectivity index (χ0v) is 19.2. The molecule has 0 saturated heterocycles. The Hall–Kier alpha value is -1.03. The van der Waals surface area contributed by atoms with Gasteiger partial charge in [-0.05, 0) is 39.3 Å². The van der Waals surface area contributed by atoms with E-state index in [-0.39, 0.29) is 30.1 Å². The first-order valence-corrected chi connectivity index (χ1v) is 9.03. The summed E-state index contributed by atoms with van der Waals surface area (Å²) in [6.45, 7) is 9.61. The van der Waals surface area contributed by atoms with E-state index in [0.29, 0.717) is 13.1 Å². The molecule has 2 N–H and O–H groups in total. The SMILES string of the molecule is CCc1ccc(CNC(=NC)NCCN(C)C(=O)OC(C)(C)C)s1.I. The van der Waals surface area contributed by atoms with E-state index in [0.717, 1.165) is 18.9 Å². The summed E-state index contributed by atoms with van der Waals surface area (Å²) in [5.41, 5.74) is -0.478. The van der Waals surface area contributed by atoms with Gasteiger partial charge in [0.25, 0.3) is 0 Å². The van der Waals surface area contributed by atoms with Crippen molar-refractivity contribution in [2.45, 2.75) is 46.3 Å². The standard InChI is InChI=1S/C17H30N4O2S.HI/c1-7-13-8-9-14(24-13)12-20-15(18-5)19-10-11-21(6)16(22)23-17(2,3)4;/h8-9H,7,10-12H2,1-6H3,(H2,18,19,20);1H. The number of ether oxygens (including phenoxy) is 1. The van der Waals surface area contributed by atoms with E-state index in [1.54, 1.807) is 19.0 Å². The highest BCUT2D eigenvalue weighted by molar-refractivity contribution is 14.0. The van der Waals surface area contributed by atoms with Crippen LogP contribution in [0.1, 0.15) is 37.4 Å². The first kappa shape index (κ1) is 24.0. The minimum Gasteiger partial charge on any atom is -0.444 e. The maximum Gasteiger partial charge on any atom is 0.410 e. The number of carbonyl (C=O) groups excluding carboxylic acids is 1. The van der Waals surface area contributed by atoms with Crippen LogP contribution in [0.5, 0.6) is 0 Å². The highest BCUT2D eigenvalue weighted by Crippen LogP contribution is 2.16. The Labute approximate surface area is 172 Å². The van der Waals surface area contributed by atoms with Crippen LogP contribution in [-0.4, -0.2) is 49.7 Å². The smallest absolute Gasteiger partial charge is 0.410 e. The predicted molar refractivity (Wildman–Crippen MR) is 116 cm³/mol. The lowest BCUT2D eigenvalue weighted by molar-refractivity contribution is 0.0302. The Morgan fingerprint density at radius 2 is 1.92 bits per heavy atom. The third-order valence-corrected chi connectivity index (χ3v) is 4.39. The molecule has 0 aromatic carbocycles. The number of likely N-dealkylation sites (N-methyl/N-ethyl adjacent to an activating group) is 1. The van der Waals surface area contributed by atoms with Gasteiger partial charge in [-0.1, -0.05) is 6.92 Å². The summed E-state index contributed by atoms with van der Waals surface area (Å²) in [4.78, 5) is 20.3. The molecular formula is C17H31IN4O2S. The molecule has 0 atom stereocenters. The van der Waals surface area contributed by atoms with Gasteiger partial charge in [-0.2, -0.15) is 0 Å². The Kier molecular flexibility index (Phi) is 11.1. The lowest BCUT2D eigenvalue weighted by Gasteiger charge is -2.24. The van der Waals surface area contributed by atoms with Gasteiger partial charge in [0.2, 0.25) is 0 Å². The van der Waals surface area contributed by atoms with Gasteiger partial charge < -0.3 is 20.3 Å². The van der Waals surface area contributed by atoms with Crippen LogP contribution in [0.2, 0.25) is 0 Å². The first-order valence-electron chi connectivity index (χ1n) is 8.21. The zero-order chi connectivity index (χ0) is 18.2. The fourth-order valence-electron chi connectivity index (χ4n) is 1.87. The monoisotopic (exact) mass is 482 g/mol. The van der Waals surface area contributed by atoms with Crippen molar-refractivity contribution in [1.29, 1.82) is 0 Å². The van der Waals surface area contributed by atoms with Crippen LogP contribution >= 0.6 is 35.3 Å². The molecule has 1 amide bonds. The summed E-state index contributed by atoms with van der Waals surface area (Å²) in [6.07, 6.45) is 0.743. The highest BCUT2D eigenvalue weighted by Gasteiger charge is 2.19. The first-order chi connectivity index (χ1) is 11.2. The molecule has 0 aliphatic heterocycles. The molecule has 1 aromatic rings. The van der Waals surface area contributed by atoms with E-state index in [1.807, 2.05) is 32.1 Å². The lowest BCUT2D eigenvalue weighted by Crippen LogP contribution is -2.42. The number of thiophene rings is 1. The Morgan fingerprint density at radius 3 is 2.44 bits per heavy atom. The van der Waals surface area contributed by atoms with Crippen molar-refractivity contribution in [3.8, 4) is 0 Å². The van der Waals surface area contributed by atoms with Gasteiger partial charge in [0.05, 0.1) is 6.54 Å². The molecule has 0 saturated carbocycles. The van der Waals surface area contributed by atoms with Crippen LogP contribution in [-0.2, 0) is 17.7 Å². The molecule has 25 heavy (non-hydrogen) atoms. The van der Waals surface area contributed by atoms with E-state index < -0.39 is 5.60 Å². The van der Waals surface area contributed by atoms with Crippen molar-refractivity contribution in [3.63, 3.8) is 0 Å². The fraction of sp³-hybridized carbons (Fsp3) is 0.647. The van der Waals surface area contributed by atoms with Gasteiger partial charge in [-0.25, -0.2) is 4.79 Å². The Balaban J connectivity index is 0.00000576. The molecule has 1 aromatic heterocycles. The van der Waals surface area contributed by atoms with Crippen LogP contribution < -0.4 is 10.6 Å². The van der Waals surface area contributed by atoms with E-state index in [1.165, 1.54) is 9.75 Å². The molecule has 8 heteroatoms. The maximum atomic E-state index is 11.9. The van der Waals surface area contributed by atoms with Crippen LogP contribution in [0.4, 0.5) is 4.79 Å². The van der Waals surface area contributed by atoms with Gasteiger partial charge in [0.1, 0.15) is 5.60 Å². The molecule has 0 radical (unpaired) electrons. The average molecular weight is 482 g/mol. The molecule has 0 spiro atoms. The lowest BCUT2D eigenvalue weighted by atomic mass is 10.2. The second kappa shape index (κ2) is 11.6. The van der Waals surface area contributed by atoms with Crippen molar-refractivity contribution in [2.24, 2.45) is 4.99 Å². The van der Waals surface area contributed by atoms with Crippen molar-refractivity contribution in [2.75, 3.05) is 27.2 Å². The van der Waals surface area contributed by atoms with E-state index in [4.69, 9.17) is 4.74 Å². The third-order valence-electron chi connectivity index (χ3n) is 3.16. The number of guanidine groups is 1. The van der Waals surface area contributed by atoms with E-state index in [9.17, 15) is 4.79 Å². The molecule has 6 nitrogen and oxygen atoms in total. The summed E-state index contributed by atoms with van der Waals surface area (Å²) in [5, 5.41) is 6.48. The number of carbonyl (C=O) groups is 1. The Morgan fingerprint density at radius 1 is 1.28 bits per heavy atom. The number of nitrogens with zero attached hydrogens (tertiary/aromatic N) is 2. The van der Waals surface area contributed by atoms with Crippen molar-refractivity contribution < 1.29 is 9.53 Å². The summed E-state index contributed by atoms with van der Waals surface area (Å²) >= 11 is 1.81. The normalized spacial score (nSPS) is 11.5. The molecule has 0 bridgehead atoms. The number of amides is 1. The molecule has 0 aliphatic carbocycles. The number of hydrogen-bond donors (Lipinski definition) is 2. The quantitative estimate of drug-likeness (QED) is 0.370. The summed E-state index contributed by atoms with van der Waals surface area (Å²) in [7, 11) is 3.46. The molecule has 144 valence electrons. The number of rotatable bonds is 6. The Bertz CT molecular complexity index is 555. The number of hydrogen-bond acceptors (Lipinski definition) is 4. The molecule has 0 aliphatic rings. The van der Waals surface area contributed by atoms with Crippen molar-refractivity contribution in [1.82, 2.24) is 15.5 Å². The summed E-state index contributed by atoms with van der Waals surface area (Å²) in [6, 6.07) is 4.30. The van der Waals surface area contributed by atoms with Crippen LogP contribution in [0, 0.1) is 0 Å². The number of aryl methyl sites for hydroxylation is 1. The third kappa shape index (κ3) is 9.88. The van der Waals surface area contributed by atoms with Crippen LogP contribution in [0.3, 0.4) is 0 Å². The van der Waals surface area contributed by atoms with Crippen molar-refractivity contribution >= 4 is 47.4 Å². The number of nitrogens with one attached hydrogen (secondary N) is 2. The van der Waals surface area contributed by atoms with Gasteiger partial charge in [-0.3, -0.25) is 4.99 Å². The zero-order valence-electron chi connectivity index (χ0n) is 16.0. The van der Waals surface area contributed by atoms with Crippen LogP contribution in [0.25, 0.3) is 0 Å². The summed E-state index contributed by atoms with van der Waals surface area (Å²) in [5.74, 6) is 0.721. The molecule has 1 rings (SSSR count). The van der Waals surface area contributed by atoms with Gasteiger partial charge in [-0.15, -0.1) is 35.3 Å². The molecule has 0 fully saturated rings. The number of halogens is 1. The molecule has 1 heterocycles. The fourth-order valence-corrected chi connectivity index (χ4v) is 2.77. The van der Waals surface area contributed by atoms with Gasteiger partial charge in [0, 0.05) is 36.9 Å².